The van der Waals surface area contributed by atoms with E-state index in [4.69, 9.17) is 5.73 Å². The van der Waals surface area contributed by atoms with E-state index in [1.54, 1.807) is 18.3 Å². The molecule has 3 aromatic rings. The molecule has 0 aromatic heterocycles. The Morgan fingerprint density at radius 1 is 0.971 bits per heavy atom. The highest BCUT2D eigenvalue weighted by Gasteiger charge is 2.24. The lowest BCUT2D eigenvalue weighted by Gasteiger charge is -2.34. The fraction of sp³-hybridized carbons (Fsp3) is 0.214. The number of carbonyl (C=O) groups is 2. The van der Waals surface area contributed by atoms with Crippen molar-refractivity contribution in [2.24, 2.45) is 5.73 Å². The molecule has 0 bridgehead atoms. The van der Waals surface area contributed by atoms with Crippen molar-refractivity contribution in [1.29, 1.82) is 0 Å². The third kappa shape index (κ3) is 5.05. The topological polar surface area (TPSA) is 90.7 Å². The number of primary amides is 1. The standard InChI is InChI=1S/C28H29N5O2/c1-32-12-14-33(15-13-32)23-9-7-22(8-10-23)30-18-25-24-17-20(4-11-26(24)31-28(25)35)16-19-2-5-21(6-3-19)27(29)34/h2-11,17-18,30H,12-16H2,1H3,(H2,29,34)(H,31,35). The summed E-state index contributed by atoms with van der Waals surface area (Å²) in [5, 5.41) is 6.23. The van der Waals surface area contributed by atoms with Crippen molar-refractivity contribution in [3.63, 3.8) is 0 Å². The van der Waals surface area contributed by atoms with Crippen molar-refractivity contribution in [2.75, 3.05) is 48.8 Å². The smallest absolute Gasteiger partial charge is 0.257 e. The van der Waals surface area contributed by atoms with Gasteiger partial charge in [-0.25, -0.2) is 0 Å². The largest absolute Gasteiger partial charge is 0.369 e. The number of likely N-dealkylation sites (N-methyl/N-ethyl adjacent to an activating group) is 1. The van der Waals surface area contributed by atoms with Crippen LogP contribution in [0.2, 0.25) is 0 Å². The molecule has 2 aliphatic heterocycles. The summed E-state index contributed by atoms with van der Waals surface area (Å²) < 4.78 is 0. The number of benzene rings is 3. The zero-order valence-corrected chi connectivity index (χ0v) is 19.8. The predicted octanol–water partition coefficient (Wildman–Crippen LogP) is 3.53. The molecule has 7 heteroatoms. The highest BCUT2D eigenvalue weighted by Crippen LogP contribution is 2.33. The van der Waals surface area contributed by atoms with Crippen LogP contribution in [0.4, 0.5) is 17.1 Å². The lowest BCUT2D eigenvalue weighted by atomic mass is 9.99. The Morgan fingerprint density at radius 3 is 2.34 bits per heavy atom. The highest BCUT2D eigenvalue weighted by atomic mass is 16.2. The first-order valence-electron chi connectivity index (χ1n) is 11.8. The third-order valence-electron chi connectivity index (χ3n) is 6.63. The fourth-order valence-corrected chi connectivity index (χ4v) is 4.50. The molecule has 1 fully saturated rings. The molecule has 0 atom stereocenters. The molecular formula is C28H29N5O2. The van der Waals surface area contributed by atoms with Crippen LogP contribution in [0.1, 0.15) is 27.0 Å². The molecule has 2 aliphatic rings. The van der Waals surface area contributed by atoms with Crippen LogP contribution in [0.25, 0.3) is 5.57 Å². The molecule has 0 radical (unpaired) electrons. The number of hydrogen-bond acceptors (Lipinski definition) is 5. The van der Waals surface area contributed by atoms with E-state index < -0.39 is 5.91 Å². The summed E-state index contributed by atoms with van der Waals surface area (Å²) in [6.07, 6.45) is 2.46. The molecule has 7 nitrogen and oxygen atoms in total. The Hall–Kier alpha value is -4.10. The Morgan fingerprint density at radius 2 is 1.66 bits per heavy atom. The number of rotatable bonds is 6. The number of nitrogens with zero attached hydrogens (tertiary/aromatic N) is 2. The summed E-state index contributed by atoms with van der Waals surface area (Å²) >= 11 is 0. The molecule has 0 saturated carbocycles. The predicted molar refractivity (Wildman–Crippen MR) is 141 cm³/mol. The zero-order chi connectivity index (χ0) is 24.4. The molecule has 0 unspecified atom stereocenters. The maximum atomic E-state index is 12.6. The van der Waals surface area contributed by atoms with Crippen molar-refractivity contribution < 1.29 is 9.59 Å². The van der Waals surface area contributed by atoms with Gasteiger partial charge in [-0.1, -0.05) is 18.2 Å². The van der Waals surface area contributed by atoms with Gasteiger partial charge in [-0.3, -0.25) is 9.59 Å². The second kappa shape index (κ2) is 9.64. The molecule has 1 saturated heterocycles. The van der Waals surface area contributed by atoms with Crippen LogP contribution < -0.4 is 21.3 Å². The second-order valence-corrected chi connectivity index (χ2v) is 9.11. The van der Waals surface area contributed by atoms with Crippen LogP contribution in [0.3, 0.4) is 0 Å². The minimum Gasteiger partial charge on any atom is -0.369 e. The molecular weight excluding hydrogens is 438 g/mol. The van der Waals surface area contributed by atoms with Gasteiger partial charge in [-0.05, 0) is 73.1 Å². The number of nitrogens with one attached hydrogen (secondary N) is 2. The Kier molecular flexibility index (Phi) is 6.25. The van der Waals surface area contributed by atoms with Gasteiger partial charge in [0, 0.05) is 60.6 Å². The number of anilines is 3. The summed E-state index contributed by atoms with van der Waals surface area (Å²) in [5.41, 5.74) is 12.4. The molecule has 0 spiro atoms. The number of nitrogens with two attached hydrogens (primary N) is 1. The van der Waals surface area contributed by atoms with Crippen molar-refractivity contribution in [2.45, 2.75) is 6.42 Å². The van der Waals surface area contributed by atoms with Crippen LogP contribution in [-0.2, 0) is 11.2 Å². The van der Waals surface area contributed by atoms with E-state index in [1.165, 1.54) is 5.69 Å². The van der Waals surface area contributed by atoms with Gasteiger partial charge in [-0.2, -0.15) is 0 Å². The van der Waals surface area contributed by atoms with Crippen LogP contribution in [0.5, 0.6) is 0 Å². The number of piperazine rings is 1. The monoisotopic (exact) mass is 467 g/mol. The fourth-order valence-electron chi connectivity index (χ4n) is 4.50. The summed E-state index contributed by atoms with van der Waals surface area (Å²) in [6.45, 7) is 4.20. The van der Waals surface area contributed by atoms with Crippen LogP contribution >= 0.6 is 0 Å². The van der Waals surface area contributed by atoms with E-state index in [2.05, 4.69) is 39.6 Å². The van der Waals surface area contributed by atoms with Crippen LogP contribution in [0.15, 0.2) is 72.9 Å². The SMILES string of the molecule is CN1CCN(c2ccc(NC=C3C(=O)Nc4ccc(Cc5ccc(C(N)=O)cc5)cc43)cc2)CC1. The molecule has 178 valence electrons. The van der Waals surface area contributed by atoms with Gasteiger partial charge in [0.05, 0.1) is 5.57 Å². The number of carbonyl (C=O) groups excluding carboxylic acids is 2. The minimum absolute atomic E-state index is 0.121. The number of hydrogen-bond donors (Lipinski definition) is 3. The van der Waals surface area contributed by atoms with Crippen LogP contribution in [-0.4, -0.2) is 49.9 Å². The van der Waals surface area contributed by atoms with Gasteiger partial charge in [-0.15, -0.1) is 0 Å². The van der Waals surface area contributed by atoms with E-state index in [9.17, 15) is 9.59 Å². The molecule has 3 aromatic carbocycles. The lowest BCUT2D eigenvalue weighted by Crippen LogP contribution is -2.44. The number of fused-ring (bicyclic) bond motifs is 1. The minimum atomic E-state index is -0.435. The van der Waals surface area contributed by atoms with Gasteiger partial charge in [0.15, 0.2) is 0 Å². The van der Waals surface area contributed by atoms with Crippen molar-refractivity contribution in [1.82, 2.24) is 4.90 Å². The molecule has 2 amide bonds. The van der Waals surface area contributed by atoms with E-state index in [-0.39, 0.29) is 5.91 Å². The van der Waals surface area contributed by atoms with E-state index in [0.29, 0.717) is 17.6 Å². The van der Waals surface area contributed by atoms with Gasteiger partial charge in [0.2, 0.25) is 5.91 Å². The maximum absolute atomic E-state index is 12.6. The van der Waals surface area contributed by atoms with Crippen molar-refractivity contribution in [3.05, 3.63) is 95.2 Å². The second-order valence-electron chi connectivity index (χ2n) is 9.11. The van der Waals surface area contributed by atoms with Crippen LogP contribution in [0, 0.1) is 0 Å². The maximum Gasteiger partial charge on any atom is 0.257 e. The molecule has 5 rings (SSSR count). The van der Waals surface area contributed by atoms with Gasteiger partial charge >= 0.3 is 0 Å². The van der Waals surface area contributed by atoms with E-state index in [1.807, 2.05) is 42.5 Å². The van der Waals surface area contributed by atoms with Gasteiger partial charge in [0.1, 0.15) is 0 Å². The molecule has 0 aliphatic carbocycles. The average Bonchev–Trinajstić information content (AvgIpc) is 3.18. The third-order valence-corrected chi connectivity index (χ3v) is 6.63. The summed E-state index contributed by atoms with van der Waals surface area (Å²) in [4.78, 5) is 28.7. The quantitative estimate of drug-likeness (QED) is 0.483. The first-order valence-corrected chi connectivity index (χ1v) is 11.8. The highest BCUT2D eigenvalue weighted by molar-refractivity contribution is 6.31. The summed E-state index contributed by atoms with van der Waals surface area (Å²) in [7, 11) is 2.15. The molecule has 35 heavy (non-hydrogen) atoms. The van der Waals surface area contributed by atoms with Gasteiger partial charge < -0.3 is 26.2 Å². The van der Waals surface area contributed by atoms with Gasteiger partial charge in [0.25, 0.3) is 5.91 Å². The first kappa shape index (κ1) is 22.7. The van der Waals surface area contributed by atoms with Crippen molar-refractivity contribution >= 4 is 34.4 Å². The number of amides is 2. The Labute approximate surface area is 205 Å². The summed E-state index contributed by atoms with van der Waals surface area (Å²) in [5.74, 6) is -0.556. The Balaban J connectivity index is 1.29. The zero-order valence-electron chi connectivity index (χ0n) is 19.8. The molecule has 4 N–H and O–H groups in total. The average molecular weight is 468 g/mol. The van der Waals surface area contributed by atoms with Crippen molar-refractivity contribution in [3.8, 4) is 0 Å². The Bertz CT molecular complexity index is 1270. The molecule has 2 heterocycles. The normalized spacial score (nSPS) is 16.8. The van der Waals surface area contributed by atoms with E-state index >= 15 is 0 Å². The van der Waals surface area contributed by atoms with E-state index in [0.717, 1.165) is 54.2 Å². The summed E-state index contributed by atoms with van der Waals surface area (Å²) in [6, 6.07) is 21.6. The lowest BCUT2D eigenvalue weighted by molar-refractivity contribution is -0.110. The first-order chi connectivity index (χ1) is 17.0.